The van der Waals surface area contributed by atoms with Crippen molar-refractivity contribution in [1.82, 2.24) is 15.5 Å². The van der Waals surface area contributed by atoms with Gasteiger partial charge >= 0.3 is 0 Å². The van der Waals surface area contributed by atoms with Crippen molar-refractivity contribution in [3.05, 3.63) is 21.9 Å². The van der Waals surface area contributed by atoms with Crippen LogP contribution in [-0.4, -0.2) is 44.1 Å². The van der Waals surface area contributed by atoms with Crippen molar-refractivity contribution in [1.29, 1.82) is 0 Å². The maximum absolute atomic E-state index is 4.29. The molecule has 126 valence electrons. The Bertz CT molecular complexity index is 461. The maximum Gasteiger partial charge on any atom is 0.191 e. The number of thiophene rings is 1. The zero-order valence-corrected chi connectivity index (χ0v) is 17.0. The van der Waals surface area contributed by atoms with Crippen molar-refractivity contribution in [2.24, 2.45) is 10.9 Å². The van der Waals surface area contributed by atoms with Gasteiger partial charge in [-0.05, 0) is 44.4 Å². The maximum atomic E-state index is 4.29. The molecule has 1 aliphatic rings. The molecule has 0 aliphatic carbocycles. The Kier molecular flexibility index (Phi) is 9.35. The number of rotatable bonds is 5. The summed E-state index contributed by atoms with van der Waals surface area (Å²) in [6, 6.07) is 4.34. The highest BCUT2D eigenvalue weighted by molar-refractivity contribution is 14.0. The van der Waals surface area contributed by atoms with Crippen LogP contribution in [-0.2, 0) is 6.54 Å². The van der Waals surface area contributed by atoms with Crippen molar-refractivity contribution in [3.63, 3.8) is 0 Å². The average Bonchev–Trinajstić information content (AvgIpc) is 2.88. The molecule has 2 N–H and O–H groups in total. The molecule has 1 saturated heterocycles. The van der Waals surface area contributed by atoms with Crippen molar-refractivity contribution in [3.8, 4) is 0 Å². The second-order valence-corrected chi connectivity index (χ2v) is 7.29. The number of hydrogen-bond donors (Lipinski definition) is 2. The number of nitrogens with zero attached hydrogens (tertiary/aromatic N) is 2. The molecule has 0 aromatic carbocycles. The summed E-state index contributed by atoms with van der Waals surface area (Å²) in [5, 5.41) is 6.79. The first-order valence-corrected chi connectivity index (χ1v) is 8.71. The van der Waals surface area contributed by atoms with E-state index in [1.165, 1.54) is 35.7 Å². The number of aryl methyl sites for hydroxylation is 1. The highest BCUT2D eigenvalue weighted by atomic mass is 127. The van der Waals surface area contributed by atoms with E-state index in [1.54, 1.807) is 0 Å². The van der Waals surface area contributed by atoms with Crippen LogP contribution in [0, 0.1) is 12.8 Å². The van der Waals surface area contributed by atoms with E-state index in [0.717, 1.165) is 31.5 Å². The molecule has 4 nitrogen and oxygen atoms in total. The van der Waals surface area contributed by atoms with Crippen LogP contribution < -0.4 is 10.6 Å². The molecule has 0 bridgehead atoms. The molecule has 0 radical (unpaired) electrons. The predicted molar refractivity (Wildman–Crippen MR) is 108 cm³/mol. The second kappa shape index (κ2) is 10.4. The second-order valence-electron chi connectivity index (χ2n) is 5.91. The zero-order valence-electron chi connectivity index (χ0n) is 13.9. The van der Waals surface area contributed by atoms with E-state index in [2.05, 4.69) is 46.5 Å². The zero-order chi connectivity index (χ0) is 15.1. The van der Waals surface area contributed by atoms with Gasteiger partial charge in [-0.3, -0.25) is 4.99 Å². The van der Waals surface area contributed by atoms with Crippen LogP contribution >= 0.6 is 35.3 Å². The third-order valence-corrected chi connectivity index (χ3v) is 4.91. The Morgan fingerprint density at radius 1 is 1.41 bits per heavy atom. The molecule has 0 spiro atoms. The summed E-state index contributed by atoms with van der Waals surface area (Å²) >= 11 is 1.83. The van der Waals surface area contributed by atoms with Gasteiger partial charge in [-0.15, -0.1) is 35.3 Å². The lowest BCUT2D eigenvalue weighted by atomic mass is 10.0. The van der Waals surface area contributed by atoms with Gasteiger partial charge < -0.3 is 15.5 Å². The summed E-state index contributed by atoms with van der Waals surface area (Å²) in [6.07, 6.45) is 2.72. The Balaban J connectivity index is 0.00000242. The fraction of sp³-hybridized carbons (Fsp3) is 0.688. The lowest BCUT2D eigenvalue weighted by molar-refractivity contribution is 0.187. The molecular formula is C16H29IN4S. The lowest BCUT2D eigenvalue weighted by Gasteiger charge is -2.30. The Morgan fingerprint density at radius 3 is 2.86 bits per heavy atom. The van der Waals surface area contributed by atoms with Gasteiger partial charge in [-0.2, -0.15) is 0 Å². The van der Waals surface area contributed by atoms with Crippen molar-refractivity contribution < 1.29 is 0 Å². The molecule has 22 heavy (non-hydrogen) atoms. The van der Waals surface area contributed by atoms with Crippen LogP contribution in [0.4, 0.5) is 0 Å². The van der Waals surface area contributed by atoms with Crippen LogP contribution in [0.25, 0.3) is 0 Å². The molecule has 1 unspecified atom stereocenters. The van der Waals surface area contributed by atoms with E-state index >= 15 is 0 Å². The normalized spacial score (nSPS) is 19.6. The van der Waals surface area contributed by atoms with E-state index in [9.17, 15) is 0 Å². The third-order valence-electron chi connectivity index (χ3n) is 3.91. The van der Waals surface area contributed by atoms with Gasteiger partial charge in [-0.25, -0.2) is 0 Å². The Labute approximate surface area is 155 Å². The number of likely N-dealkylation sites (tertiary alicyclic amines) is 1. The van der Waals surface area contributed by atoms with Crippen LogP contribution in [0.1, 0.15) is 29.5 Å². The molecule has 6 heteroatoms. The molecule has 2 heterocycles. The Morgan fingerprint density at radius 2 is 2.23 bits per heavy atom. The monoisotopic (exact) mass is 436 g/mol. The van der Waals surface area contributed by atoms with Crippen molar-refractivity contribution >= 4 is 41.3 Å². The highest BCUT2D eigenvalue weighted by Crippen LogP contribution is 2.15. The quantitative estimate of drug-likeness (QED) is 0.424. The fourth-order valence-electron chi connectivity index (χ4n) is 2.79. The van der Waals surface area contributed by atoms with Gasteiger partial charge in [0.1, 0.15) is 0 Å². The van der Waals surface area contributed by atoms with E-state index in [4.69, 9.17) is 0 Å². The summed E-state index contributed by atoms with van der Waals surface area (Å²) in [4.78, 5) is 9.54. The van der Waals surface area contributed by atoms with Crippen LogP contribution in [0.5, 0.6) is 0 Å². The number of nitrogens with one attached hydrogen (secondary N) is 2. The standard InChI is InChI=1S/C16H28N4S.HI/c1-13-5-4-9-20(12-13)10-8-18-16(17-3)19-11-15-7-6-14(2)21-15;/h6-7,13H,4-5,8-12H2,1-3H3,(H2,17,18,19);1H. The number of guanidine groups is 1. The highest BCUT2D eigenvalue weighted by Gasteiger charge is 2.15. The Hall–Kier alpha value is -0.340. The molecule has 0 saturated carbocycles. The lowest BCUT2D eigenvalue weighted by Crippen LogP contribution is -2.43. The first-order chi connectivity index (χ1) is 10.2. The van der Waals surface area contributed by atoms with E-state index in [0.29, 0.717) is 0 Å². The average molecular weight is 436 g/mol. The summed E-state index contributed by atoms with van der Waals surface area (Å²) < 4.78 is 0. The molecule has 2 rings (SSSR count). The molecular weight excluding hydrogens is 407 g/mol. The summed E-state index contributed by atoms with van der Waals surface area (Å²) in [5.41, 5.74) is 0. The summed E-state index contributed by atoms with van der Waals surface area (Å²) in [5.74, 6) is 1.74. The molecule has 0 amide bonds. The molecule has 1 atom stereocenters. The molecule has 1 fully saturated rings. The topological polar surface area (TPSA) is 39.7 Å². The first kappa shape index (κ1) is 19.7. The van der Waals surface area contributed by atoms with Crippen molar-refractivity contribution in [2.75, 3.05) is 33.2 Å². The first-order valence-electron chi connectivity index (χ1n) is 7.89. The minimum atomic E-state index is 0. The van der Waals surface area contributed by atoms with E-state index in [-0.39, 0.29) is 24.0 Å². The third kappa shape index (κ3) is 6.83. The SMILES string of the molecule is CN=C(NCCN1CCCC(C)C1)NCc1ccc(C)s1.I. The molecule has 1 aromatic heterocycles. The van der Waals surface area contributed by atoms with Crippen molar-refractivity contribution in [2.45, 2.75) is 33.2 Å². The largest absolute Gasteiger partial charge is 0.355 e. The van der Waals surface area contributed by atoms with Crippen LogP contribution in [0.2, 0.25) is 0 Å². The molecule has 1 aliphatic heterocycles. The van der Waals surface area contributed by atoms with E-state index < -0.39 is 0 Å². The van der Waals surface area contributed by atoms with Crippen LogP contribution in [0.3, 0.4) is 0 Å². The van der Waals surface area contributed by atoms with Gasteiger partial charge in [0.2, 0.25) is 0 Å². The van der Waals surface area contributed by atoms with E-state index in [1.807, 2.05) is 18.4 Å². The fourth-order valence-corrected chi connectivity index (χ4v) is 3.62. The minimum Gasteiger partial charge on any atom is -0.355 e. The number of halogens is 1. The number of hydrogen-bond acceptors (Lipinski definition) is 3. The van der Waals surface area contributed by atoms with Gasteiger partial charge in [0.25, 0.3) is 0 Å². The number of piperidine rings is 1. The smallest absolute Gasteiger partial charge is 0.191 e. The van der Waals surface area contributed by atoms with Crippen LogP contribution in [0.15, 0.2) is 17.1 Å². The van der Waals surface area contributed by atoms with Gasteiger partial charge in [-0.1, -0.05) is 6.92 Å². The molecule has 1 aromatic rings. The van der Waals surface area contributed by atoms with Gasteiger partial charge in [0, 0.05) is 36.4 Å². The van der Waals surface area contributed by atoms with Gasteiger partial charge in [0.05, 0.1) is 6.54 Å². The minimum absolute atomic E-state index is 0. The van der Waals surface area contributed by atoms with Gasteiger partial charge in [0.15, 0.2) is 5.96 Å². The summed E-state index contributed by atoms with van der Waals surface area (Å²) in [7, 11) is 1.83. The summed E-state index contributed by atoms with van der Waals surface area (Å²) in [6.45, 7) is 9.87. The predicted octanol–water partition coefficient (Wildman–Crippen LogP) is 3.07. The number of aliphatic imine (C=N–C) groups is 1.